The zero-order chi connectivity index (χ0) is 30.5. The highest BCUT2D eigenvalue weighted by Crippen LogP contribution is 2.27. The number of sulfonamides is 1. The van der Waals surface area contributed by atoms with Crippen LogP contribution < -0.4 is 9.62 Å². The van der Waals surface area contributed by atoms with Gasteiger partial charge in [0.15, 0.2) is 0 Å². The fourth-order valence-electron chi connectivity index (χ4n) is 4.18. The molecule has 0 fully saturated rings. The number of hydrogen-bond donors (Lipinski definition) is 1. The molecule has 0 aliphatic carbocycles. The molecule has 3 rings (SSSR count). The Morgan fingerprint density at radius 1 is 0.976 bits per heavy atom. The molecule has 0 radical (unpaired) electrons. The molecule has 0 unspecified atom stereocenters. The molecular formula is C30H34Cl2FN3O4S. The number of amides is 2. The Hall–Kier alpha value is -3.14. The molecule has 0 aliphatic heterocycles. The van der Waals surface area contributed by atoms with E-state index in [0.29, 0.717) is 15.6 Å². The molecule has 0 aliphatic rings. The van der Waals surface area contributed by atoms with Gasteiger partial charge in [-0.25, -0.2) is 12.8 Å². The summed E-state index contributed by atoms with van der Waals surface area (Å²) in [6.07, 6.45) is 0.258. The van der Waals surface area contributed by atoms with Crippen molar-refractivity contribution in [1.82, 2.24) is 10.2 Å². The Bertz CT molecular complexity index is 1490. The molecule has 0 saturated carbocycles. The molecule has 0 aromatic heterocycles. The van der Waals surface area contributed by atoms with Gasteiger partial charge in [0.1, 0.15) is 18.4 Å². The second kappa shape index (κ2) is 13.2. The van der Waals surface area contributed by atoms with Gasteiger partial charge in [-0.3, -0.25) is 13.9 Å². The minimum Gasteiger partial charge on any atom is -0.350 e. The minimum atomic E-state index is -4.31. The van der Waals surface area contributed by atoms with E-state index in [1.807, 2.05) is 27.7 Å². The number of nitrogens with one attached hydrogen (secondary N) is 1. The Morgan fingerprint density at radius 3 is 2.12 bits per heavy atom. The molecule has 7 nitrogen and oxygen atoms in total. The normalized spacial score (nSPS) is 12.5. The van der Waals surface area contributed by atoms with Gasteiger partial charge in [0, 0.05) is 22.1 Å². The van der Waals surface area contributed by atoms with Crippen LogP contribution in [0.5, 0.6) is 0 Å². The van der Waals surface area contributed by atoms with Crippen LogP contribution in [0.1, 0.15) is 45.2 Å². The van der Waals surface area contributed by atoms with E-state index in [2.05, 4.69) is 5.32 Å². The van der Waals surface area contributed by atoms with Crippen LogP contribution in [0.25, 0.3) is 0 Å². The van der Waals surface area contributed by atoms with Crippen LogP contribution in [0.15, 0.2) is 71.6 Å². The molecule has 0 bridgehead atoms. The molecule has 3 aromatic rings. The fourth-order valence-corrected chi connectivity index (χ4v) is 6.06. The zero-order valence-corrected chi connectivity index (χ0v) is 25.9. The lowest BCUT2D eigenvalue weighted by molar-refractivity contribution is -0.141. The summed E-state index contributed by atoms with van der Waals surface area (Å²) < 4.78 is 42.2. The van der Waals surface area contributed by atoms with Crippen LogP contribution in [0.3, 0.4) is 0 Å². The predicted octanol–water partition coefficient (Wildman–Crippen LogP) is 6.36. The lowest BCUT2D eigenvalue weighted by Crippen LogP contribution is -2.55. The number of hydrogen-bond acceptors (Lipinski definition) is 4. The summed E-state index contributed by atoms with van der Waals surface area (Å²) in [6.45, 7) is 8.42. The van der Waals surface area contributed by atoms with Gasteiger partial charge in [0.2, 0.25) is 11.8 Å². The van der Waals surface area contributed by atoms with Crippen molar-refractivity contribution < 1.29 is 22.4 Å². The Morgan fingerprint density at radius 2 is 1.59 bits per heavy atom. The maximum absolute atomic E-state index is 14.1. The van der Waals surface area contributed by atoms with E-state index in [1.165, 1.54) is 11.0 Å². The Balaban J connectivity index is 2.09. The highest BCUT2D eigenvalue weighted by atomic mass is 35.5. The van der Waals surface area contributed by atoms with Crippen LogP contribution >= 0.6 is 23.2 Å². The molecule has 220 valence electrons. The fraction of sp³-hybridized carbons (Fsp3) is 0.333. The highest BCUT2D eigenvalue weighted by molar-refractivity contribution is 7.92. The van der Waals surface area contributed by atoms with Crippen molar-refractivity contribution in [2.24, 2.45) is 0 Å². The smallest absolute Gasteiger partial charge is 0.264 e. The summed E-state index contributed by atoms with van der Waals surface area (Å²) >= 11 is 12.5. The molecular weight excluding hydrogens is 588 g/mol. The summed E-state index contributed by atoms with van der Waals surface area (Å²) in [4.78, 5) is 28.6. The number of anilines is 1. The van der Waals surface area contributed by atoms with E-state index in [-0.39, 0.29) is 29.5 Å². The first-order chi connectivity index (χ1) is 19.1. The highest BCUT2D eigenvalue weighted by Gasteiger charge is 2.35. The van der Waals surface area contributed by atoms with Gasteiger partial charge in [-0.05, 0) is 88.2 Å². The lowest BCUT2D eigenvalue weighted by Gasteiger charge is -2.35. The van der Waals surface area contributed by atoms with Gasteiger partial charge in [-0.1, -0.05) is 53.9 Å². The average Bonchev–Trinajstić information content (AvgIpc) is 2.88. The van der Waals surface area contributed by atoms with Crippen LogP contribution in [0.2, 0.25) is 10.0 Å². The second-order valence-corrected chi connectivity index (χ2v) is 13.4. The first-order valence-corrected chi connectivity index (χ1v) is 15.2. The predicted molar refractivity (Wildman–Crippen MR) is 161 cm³/mol. The van der Waals surface area contributed by atoms with Gasteiger partial charge in [-0.15, -0.1) is 0 Å². The number of carbonyl (C=O) groups excluding carboxylic acids is 2. The third-order valence-corrected chi connectivity index (χ3v) is 8.62. The van der Waals surface area contributed by atoms with Crippen molar-refractivity contribution in [1.29, 1.82) is 0 Å². The lowest BCUT2D eigenvalue weighted by atomic mass is 10.1. The largest absolute Gasteiger partial charge is 0.350 e. The number of aryl methyl sites for hydroxylation is 1. The minimum absolute atomic E-state index is 0.0662. The molecule has 0 saturated heterocycles. The topological polar surface area (TPSA) is 86.8 Å². The quantitative estimate of drug-likeness (QED) is 0.285. The zero-order valence-electron chi connectivity index (χ0n) is 23.6. The van der Waals surface area contributed by atoms with Crippen LogP contribution in [0, 0.1) is 12.7 Å². The van der Waals surface area contributed by atoms with E-state index in [9.17, 15) is 22.4 Å². The average molecular weight is 623 g/mol. The van der Waals surface area contributed by atoms with Gasteiger partial charge in [0.25, 0.3) is 10.0 Å². The van der Waals surface area contributed by atoms with Crippen molar-refractivity contribution >= 4 is 50.7 Å². The number of carbonyl (C=O) groups is 2. The van der Waals surface area contributed by atoms with Crippen molar-refractivity contribution in [3.8, 4) is 0 Å². The van der Waals surface area contributed by atoms with Crippen molar-refractivity contribution in [3.05, 3.63) is 93.7 Å². The van der Waals surface area contributed by atoms with Gasteiger partial charge in [0.05, 0.1) is 10.6 Å². The molecule has 1 atom stereocenters. The monoisotopic (exact) mass is 621 g/mol. The van der Waals surface area contributed by atoms with Crippen LogP contribution in [-0.4, -0.2) is 43.3 Å². The molecule has 1 N–H and O–H groups in total. The van der Waals surface area contributed by atoms with Gasteiger partial charge in [-0.2, -0.15) is 0 Å². The first-order valence-electron chi connectivity index (χ1n) is 13.0. The van der Waals surface area contributed by atoms with Crippen molar-refractivity contribution in [3.63, 3.8) is 0 Å². The molecule has 3 aromatic carbocycles. The molecule has 2 amide bonds. The van der Waals surface area contributed by atoms with E-state index in [0.717, 1.165) is 34.1 Å². The number of halogens is 3. The van der Waals surface area contributed by atoms with Crippen LogP contribution in [0.4, 0.5) is 10.1 Å². The Kier molecular flexibility index (Phi) is 10.4. The van der Waals surface area contributed by atoms with E-state index < -0.39 is 39.9 Å². The standard InChI is InChI=1S/C30H34Cl2FN3O4S/c1-6-27(29(38)34-30(3,4)5)35(18-21-9-10-22(31)17-26(21)32)28(37)19-36(24-13-7-20(2)8-14-24)41(39,40)25-15-11-23(33)12-16-25/h7-17,27H,6,18-19H2,1-5H3,(H,34,38)/t27-/m1/s1. The van der Waals surface area contributed by atoms with E-state index in [4.69, 9.17) is 23.2 Å². The van der Waals surface area contributed by atoms with Crippen molar-refractivity contribution in [2.75, 3.05) is 10.8 Å². The first kappa shape index (κ1) is 32.4. The third-order valence-electron chi connectivity index (χ3n) is 6.24. The Labute approximate surface area is 251 Å². The summed E-state index contributed by atoms with van der Waals surface area (Å²) in [5, 5.41) is 3.62. The summed E-state index contributed by atoms with van der Waals surface area (Å²) in [6, 6.07) is 14.9. The molecule has 0 spiro atoms. The number of benzene rings is 3. The SMILES string of the molecule is CC[C@H](C(=O)NC(C)(C)C)N(Cc1ccc(Cl)cc1Cl)C(=O)CN(c1ccc(C)cc1)S(=O)(=O)c1ccc(F)cc1. The summed E-state index contributed by atoms with van der Waals surface area (Å²) in [7, 11) is -4.31. The summed E-state index contributed by atoms with van der Waals surface area (Å²) in [5.74, 6) is -1.61. The second-order valence-electron chi connectivity index (χ2n) is 10.7. The van der Waals surface area contributed by atoms with E-state index >= 15 is 0 Å². The molecule has 0 heterocycles. The van der Waals surface area contributed by atoms with E-state index in [1.54, 1.807) is 43.3 Å². The molecule has 11 heteroatoms. The number of rotatable bonds is 10. The third kappa shape index (κ3) is 8.44. The number of nitrogens with zero attached hydrogens (tertiary/aromatic N) is 2. The maximum Gasteiger partial charge on any atom is 0.264 e. The van der Waals surface area contributed by atoms with Crippen LogP contribution in [-0.2, 0) is 26.2 Å². The molecule has 41 heavy (non-hydrogen) atoms. The van der Waals surface area contributed by atoms with Crippen molar-refractivity contribution in [2.45, 2.75) is 64.1 Å². The van der Waals surface area contributed by atoms with Gasteiger partial charge < -0.3 is 10.2 Å². The van der Waals surface area contributed by atoms with Gasteiger partial charge >= 0.3 is 0 Å². The maximum atomic E-state index is 14.1. The summed E-state index contributed by atoms with van der Waals surface area (Å²) in [5.41, 5.74) is 1.10.